The molecule has 0 bridgehead atoms. The molecule has 1 fully saturated rings. The second-order valence-electron chi connectivity index (χ2n) is 6.44. The van der Waals surface area contributed by atoms with Gasteiger partial charge in [-0.15, -0.1) is 0 Å². The van der Waals surface area contributed by atoms with Crippen molar-refractivity contribution < 1.29 is 0 Å². The van der Waals surface area contributed by atoms with E-state index in [9.17, 15) is 4.79 Å². The van der Waals surface area contributed by atoms with Gasteiger partial charge in [-0.3, -0.25) is 14.7 Å². The Balaban J connectivity index is 1.56. The summed E-state index contributed by atoms with van der Waals surface area (Å²) in [4.78, 5) is 26.4. The number of hydrogen-bond acceptors (Lipinski definition) is 5. The average Bonchev–Trinajstić information content (AvgIpc) is 3.15. The summed E-state index contributed by atoms with van der Waals surface area (Å²) in [5.41, 5.74) is 2.83. The number of piperidine rings is 1. The lowest BCUT2D eigenvalue weighted by molar-refractivity contribution is 0.198. The Morgan fingerprint density at radius 2 is 2.28 bits per heavy atom. The van der Waals surface area contributed by atoms with Crippen LogP contribution in [0.3, 0.4) is 0 Å². The summed E-state index contributed by atoms with van der Waals surface area (Å²) >= 11 is 1.74. The fourth-order valence-electron chi connectivity index (χ4n) is 3.39. The maximum Gasteiger partial charge on any atom is 0.251 e. The second kappa shape index (κ2) is 7.29. The topological polar surface area (TPSA) is 61.9 Å². The molecule has 1 N–H and O–H groups in total. The van der Waals surface area contributed by atoms with Gasteiger partial charge in [-0.2, -0.15) is 11.3 Å². The molecule has 0 radical (unpaired) electrons. The summed E-state index contributed by atoms with van der Waals surface area (Å²) in [6.07, 6.45) is 3.91. The van der Waals surface area contributed by atoms with Crippen LogP contribution in [0.1, 0.15) is 30.0 Å². The molecule has 128 valence electrons. The van der Waals surface area contributed by atoms with Crippen LogP contribution in [-0.4, -0.2) is 32.9 Å². The average molecular weight is 352 g/mol. The fraction of sp³-hybridized carbons (Fsp3) is 0.316. The van der Waals surface area contributed by atoms with Gasteiger partial charge in [0.25, 0.3) is 5.56 Å². The quantitative estimate of drug-likeness (QED) is 0.783. The van der Waals surface area contributed by atoms with Crippen molar-refractivity contribution in [3.8, 4) is 11.5 Å². The van der Waals surface area contributed by atoms with Crippen LogP contribution in [-0.2, 0) is 6.54 Å². The first-order valence-electron chi connectivity index (χ1n) is 8.54. The van der Waals surface area contributed by atoms with E-state index in [-0.39, 0.29) is 11.5 Å². The van der Waals surface area contributed by atoms with Gasteiger partial charge in [0.1, 0.15) is 5.69 Å². The lowest BCUT2D eigenvalue weighted by Gasteiger charge is -2.32. The number of aromatic amines is 1. The molecule has 1 saturated heterocycles. The Morgan fingerprint density at radius 3 is 3.08 bits per heavy atom. The van der Waals surface area contributed by atoms with Crippen molar-refractivity contribution in [2.24, 2.45) is 0 Å². The van der Waals surface area contributed by atoms with Crippen molar-refractivity contribution in [3.05, 3.63) is 68.9 Å². The van der Waals surface area contributed by atoms with Crippen LogP contribution in [0.25, 0.3) is 11.5 Å². The van der Waals surface area contributed by atoms with E-state index >= 15 is 0 Å². The maximum atomic E-state index is 12.1. The third kappa shape index (κ3) is 3.86. The third-order valence-corrected chi connectivity index (χ3v) is 5.31. The second-order valence-corrected chi connectivity index (χ2v) is 7.22. The van der Waals surface area contributed by atoms with Crippen LogP contribution < -0.4 is 5.56 Å². The minimum Gasteiger partial charge on any atom is -0.305 e. The summed E-state index contributed by atoms with van der Waals surface area (Å²) in [5, 5.41) is 4.32. The number of hydrogen-bond donors (Lipinski definition) is 1. The van der Waals surface area contributed by atoms with Gasteiger partial charge in [0.2, 0.25) is 0 Å². The molecular formula is C19H20N4OS. The number of aromatic nitrogens is 3. The normalized spacial score (nSPS) is 18.3. The molecule has 1 aliphatic heterocycles. The van der Waals surface area contributed by atoms with Crippen molar-refractivity contribution in [1.82, 2.24) is 19.9 Å². The van der Waals surface area contributed by atoms with Crippen molar-refractivity contribution in [2.45, 2.75) is 25.3 Å². The van der Waals surface area contributed by atoms with Crippen LogP contribution >= 0.6 is 11.3 Å². The lowest BCUT2D eigenvalue weighted by atomic mass is 9.94. The lowest BCUT2D eigenvalue weighted by Crippen LogP contribution is -2.34. The first-order chi connectivity index (χ1) is 12.3. The molecule has 25 heavy (non-hydrogen) atoms. The molecule has 0 amide bonds. The van der Waals surface area contributed by atoms with Crippen molar-refractivity contribution in [3.63, 3.8) is 0 Å². The largest absolute Gasteiger partial charge is 0.305 e. The van der Waals surface area contributed by atoms with Gasteiger partial charge in [-0.1, -0.05) is 6.07 Å². The zero-order valence-corrected chi connectivity index (χ0v) is 14.7. The monoisotopic (exact) mass is 352 g/mol. The summed E-state index contributed by atoms with van der Waals surface area (Å²) < 4.78 is 0. The van der Waals surface area contributed by atoms with Gasteiger partial charge in [0.15, 0.2) is 5.82 Å². The third-order valence-electron chi connectivity index (χ3n) is 4.58. The van der Waals surface area contributed by atoms with Gasteiger partial charge in [-0.25, -0.2) is 4.98 Å². The Kier molecular flexibility index (Phi) is 4.72. The molecule has 0 unspecified atom stereocenters. The van der Waals surface area contributed by atoms with E-state index in [0.29, 0.717) is 11.5 Å². The van der Waals surface area contributed by atoms with E-state index in [2.05, 4.69) is 31.7 Å². The Labute approximate surface area is 150 Å². The number of nitrogens with zero attached hydrogens (tertiary/aromatic N) is 3. The zero-order chi connectivity index (χ0) is 17.1. The van der Waals surface area contributed by atoms with E-state index in [1.54, 1.807) is 23.6 Å². The predicted molar refractivity (Wildman–Crippen MR) is 99.7 cm³/mol. The Bertz CT molecular complexity index is 876. The van der Waals surface area contributed by atoms with Gasteiger partial charge in [0, 0.05) is 31.3 Å². The minimum absolute atomic E-state index is 0.111. The highest BCUT2D eigenvalue weighted by molar-refractivity contribution is 7.07. The summed E-state index contributed by atoms with van der Waals surface area (Å²) in [6, 6.07) is 9.45. The molecule has 3 aromatic rings. The van der Waals surface area contributed by atoms with Gasteiger partial charge >= 0.3 is 0 Å². The van der Waals surface area contributed by atoms with E-state index in [4.69, 9.17) is 4.98 Å². The summed E-state index contributed by atoms with van der Waals surface area (Å²) in [5.74, 6) is 0.843. The van der Waals surface area contributed by atoms with Crippen molar-refractivity contribution in [2.75, 3.05) is 13.1 Å². The van der Waals surface area contributed by atoms with Crippen molar-refractivity contribution >= 4 is 11.3 Å². The van der Waals surface area contributed by atoms with E-state index < -0.39 is 0 Å². The minimum atomic E-state index is -0.111. The highest BCUT2D eigenvalue weighted by Crippen LogP contribution is 2.27. The van der Waals surface area contributed by atoms with Crippen LogP contribution in [0, 0.1) is 0 Å². The SMILES string of the molecule is O=c1cc([C@H]2CCCN(Cc3ccsc3)C2)nc(-c2ccccn2)[nH]1. The van der Waals surface area contributed by atoms with Crippen LogP contribution in [0.5, 0.6) is 0 Å². The van der Waals surface area contributed by atoms with Gasteiger partial charge in [-0.05, 0) is 53.9 Å². The first-order valence-corrected chi connectivity index (χ1v) is 9.48. The number of thiophene rings is 1. The Morgan fingerprint density at radius 1 is 1.32 bits per heavy atom. The van der Waals surface area contributed by atoms with Crippen molar-refractivity contribution in [1.29, 1.82) is 0 Å². The number of likely N-dealkylation sites (tertiary alicyclic amines) is 1. The molecule has 0 saturated carbocycles. The predicted octanol–water partition coefficient (Wildman–Crippen LogP) is 3.27. The highest BCUT2D eigenvalue weighted by atomic mass is 32.1. The molecule has 4 rings (SSSR count). The molecular weight excluding hydrogens is 332 g/mol. The van der Waals surface area contributed by atoms with Gasteiger partial charge in [0.05, 0.1) is 5.69 Å². The first kappa shape index (κ1) is 16.2. The van der Waals surface area contributed by atoms with Crippen LogP contribution in [0.4, 0.5) is 0 Å². The molecule has 1 aliphatic rings. The maximum absolute atomic E-state index is 12.1. The number of rotatable bonds is 4. The number of pyridine rings is 1. The van der Waals surface area contributed by atoms with Gasteiger partial charge < -0.3 is 4.98 Å². The molecule has 6 heteroatoms. The summed E-state index contributed by atoms with van der Waals surface area (Å²) in [6.45, 7) is 3.01. The van der Waals surface area contributed by atoms with Crippen LogP contribution in [0.2, 0.25) is 0 Å². The molecule has 0 aromatic carbocycles. The van der Waals surface area contributed by atoms with E-state index in [1.807, 2.05) is 18.2 Å². The zero-order valence-electron chi connectivity index (χ0n) is 13.9. The molecule has 0 aliphatic carbocycles. The van der Waals surface area contributed by atoms with E-state index in [0.717, 1.165) is 38.2 Å². The van der Waals surface area contributed by atoms with E-state index in [1.165, 1.54) is 5.56 Å². The number of H-pyrrole nitrogens is 1. The fourth-order valence-corrected chi connectivity index (χ4v) is 4.05. The van der Waals surface area contributed by atoms with Crippen LogP contribution in [0.15, 0.2) is 52.1 Å². The molecule has 1 atom stereocenters. The Hall–Kier alpha value is -2.31. The highest BCUT2D eigenvalue weighted by Gasteiger charge is 2.23. The smallest absolute Gasteiger partial charge is 0.251 e. The number of nitrogens with one attached hydrogen (secondary N) is 1. The summed E-state index contributed by atoms with van der Waals surface area (Å²) in [7, 11) is 0. The molecule has 5 nitrogen and oxygen atoms in total. The molecule has 0 spiro atoms. The standard InChI is InChI=1S/C19H20N4OS/c24-18-10-17(21-19(22-18)16-5-1-2-7-20-16)15-4-3-8-23(12-15)11-14-6-9-25-13-14/h1-2,5-7,9-10,13,15H,3-4,8,11-12H2,(H,21,22,24)/t15-/m0/s1. The molecule has 3 aromatic heterocycles. The molecule has 4 heterocycles.